The van der Waals surface area contributed by atoms with Crippen molar-refractivity contribution in [3.63, 3.8) is 0 Å². The molecule has 0 atom stereocenters. The van der Waals surface area contributed by atoms with Crippen molar-refractivity contribution in [2.45, 2.75) is 46.5 Å². The number of hydrogen-bond acceptors (Lipinski definition) is 5. The first kappa shape index (κ1) is 14.9. The topological polar surface area (TPSA) is 50.7 Å². The second-order valence-corrected chi connectivity index (χ2v) is 5.93. The average Bonchev–Trinajstić information content (AvgIpc) is 2.82. The maximum Gasteiger partial charge on any atom is 0.136 e. The van der Waals surface area contributed by atoms with Crippen LogP contribution in [0.2, 0.25) is 0 Å². The summed E-state index contributed by atoms with van der Waals surface area (Å²) in [5, 5.41) is 6.53. The fourth-order valence-corrected chi connectivity index (χ4v) is 2.62. The molecule has 0 bridgehead atoms. The standard InChI is InChI=1S/C15H22N4S/c1-4-6-12-8-14(16-7-5-2)19-15(18-12)9-13-10-20-11(3)17-13/h8,10H,4-7,9H2,1-3H3,(H,16,18,19). The van der Waals surface area contributed by atoms with E-state index in [4.69, 9.17) is 0 Å². The second-order valence-electron chi connectivity index (χ2n) is 4.87. The number of aryl methyl sites for hydroxylation is 2. The van der Waals surface area contributed by atoms with Crippen LogP contribution in [0.3, 0.4) is 0 Å². The van der Waals surface area contributed by atoms with E-state index in [2.05, 4.69) is 45.6 Å². The zero-order chi connectivity index (χ0) is 14.4. The van der Waals surface area contributed by atoms with Crippen LogP contribution in [0.1, 0.15) is 48.9 Å². The molecule has 1 N–H and O–H groups in total. The molecule has 20 heavy (non-hydrogen) atoms. The van der Waals surface area contributed by atoms with Crippen molar-refractivity contribution in [2.75, 3.05) is 11.9 Å². The summed E-state index contributed by atoms with van der Waals surface area (Å²) in [6, 6.07) is 2.06. The van der Waals surface area contributed by atoms with Crippen LogP contribution in [0.15, 0.2) is 11.4 Å². The maximum atomic E-state index is 4.65. The minimum absolute atomic E-state index is 0.711. The Bertz CT molecular complexity index is 551. The van der Waals surface area contributed by atoms with E-state index in [1.165, 1.54) is 0 Å². The van der Waals surface area contributed by atoms with Crippen LogP contribution < -0.4 is 5.32 Å². The Morgan fingerprint density at radius 3 is 2.60 bits per heavy atom. The molecule has 108 valence electrons. The highest BCUT2D eigenvalue weighted by Crippen LogP contribution is 2.14. The van der Waals surface area contributed by atoms with Gasteiger partial charge in [-0.05, 0) is 19.8 Å². The fraction of sp³-hybridized carbons (Fsp3) is 0.533. The first-order valence-electron chi connectivity index (χ1n) is 7.23. The van der Waals surface area contributed by atoms with E-state index in [1.807, 2.05) is 6.92 Å². The zero-order valence-electron chi connectivity index (χ0n) is 12.4. The summed E-state index contributed by atoms with van der Waals surface area (Å²) in [5.41, 5.74) is 2.17. The van der Waals surface area contributed by atoms with Gasteiger partial charge in [-0.15, -0.1) is 11.3 Å². The molecule has 0 aliphatic carbocycles. The molecule has 2 rings (SSSR count). The van der Waals surface area contributed by atoms with Crippen LogP contribution in [0.5, 0.6) is 0 Å². The van der Waals surface area contributed by atoms with Gasteiger partial charge in [0.15, 0.2) is 0 Å². The van der Waals surface area contributed by atoms with Gasteiger partial charge in [-0.1, -0.05) is 20.3 Å². The van der Waals surface area contributed by atoms with Gasteiger partial charge in [0, 0.05) is 23.7 Å². The second kappa shape index (κ2) is 7.33. The first-order chi connectivity index (χ1) is 9.71. The highest BCUT2D eigenvalue weighted by molar-refractivity contribution is 7.09. The molecule has 5 heteroatoms. The molecule has 0 aliphatic rings. The molecular weight excluding hydrogens is 268 g/mol. The van der Waals surface area contributed by atoms with Gasteiger partial charge in [0.2, 0.25) is 0 Å². The van der Waals surface area contributed by atoms with E-state index in [1.54, 1.807) is 11.3 Å². The third-order valence-electron chi connectivity index (χ3n) is 2.89. The van der Waals surface area contributed by atoms with Crippen LogP contribution >= 0.6 is 11.3 Å². The van der Waals surface area contributed by atoms with Crippen LogP contribution in [0, 0.1) is 6.92 Å². The molecule has 2 aromatic rings. The fourth-order valence-electron chi connectivity index (χ4n) is 2.01. The Morgan fingerprint density at radius 2 is 1.95 bits per heavy atom. The van der Waals surface area contributed by atoms with Gasteiger partial charge >= 0.3 is 0 Å². The van der Waals surface area contributed by atoms with Crippen LogP contribution in [0.25, 0.3) is 0 Å². The monoisotopic (exact) mass is 290 g/mol. The molecule has 0 saturated heterocycles. The van der Waals surface area contributed by atoms with Gasteiger partial charge < -0.3 is 5.32 Å². The zero-order valence-corrected chi connectivity index (χ0v) is 13.3. The molecule has 2 heterocycles. The molecule has 0 spiro atoms. The van der Waals surface area contributed by atoms with E-state index in [-0.39, 0.29) is 0 Å². The van der Waals surface area contributed by atoms with Crippen molar-refractivity contribution in [3.8, 4) is 0 Å². The number of anilines is 1. The Morgan fingerprint density at radius 1 is 1.10 bits per heavy atom. The molecule has 2 aromatic heterocycles. The van der Waals surface area contributed by atoms with Gasteiger partial charge in [-0.3, -0.25) is 0 Å². The summed E-state index contributed by atoms with van der Waals surface area (Å²) >= 11 is 1.67. The lowest BCUT2D eigenvalue weighted by molar-refractivity contribution is 0.834. The van der Waals surface area contributed by atoms with E-state index < -0.39 is 0 Å². The number of rotatable bonds is 7. The quantitative estimate of drug-likeness (QED) is 0.846. The number of thiazole rings is 1. The molecule has 0 fully saturated rings. The van der Waals surface area contributed by atoms with Gasteiger partial charge in [0.05, 0.1) is 17.1 Å². The summed E-state index contributed by atoms with van der Waals surface area (Å²) in [7, 11) is 0. The van der Waals surface area contributed by atoms with Crippen molar-refractivity contribution in [1.82, 2.24) is 15.0 Å². The minimum atomic E-state index is 0.711. The Balaban J connectivity index is 2.18. The van der Waals surface area contributed by atoms with E-state index in [0.717, 1.165) is 53.8 Å². The highest BCUT2D eigenvalue weighted by Gasteiger charge is 2.07. The predicted molar refractivity (Wildman–Crippen MR) is 84.5 cm³/mol. The van der Waals surface area contributed by atoms with Crippen LogP contribution in [-0.2, 0) is 12.8 Å². The van der Waals surface area contributed by atoms with Crippen molar-refractivity contribution in [3.05, 3.63) is 33.7 Å². The lowest BCUT2D eigenvalue weighted by Gasteiger charge is -2.08. The first-order valence-corrected chi connectivity index (χ1v) is 8.11. The number of aromatic nitrogens is 3. The average molecular weight is 290 g/mol. The summed E-state index contributed by atoms with van der Waals surface area (Å²) in [6.45, 7) is 7.29. The third-order valence-corrected chi connectivity index (χ3v) is 3.72. The van der Waals surface area contributed by atoms with E-state index >= 15 is 0 Å². The van der Waals surface area contributed by atoms with Crippen molar-refractivity contribution in [1.29, 1.82) is 0 Å². The Hall–Kier alpha value is -1.49. The molecule has 0 aromatic carbocycles. The Kier molecular flexibility index (Phi) is 5.47. The third kappa shape index (κ3) is 4.27. The summed E-state index contributed by atoms with van der Waals surface area (Å²) in [5.74, 6) is 1.80. The summed E-state index contributed by atoms with van der Waals surface area (Å²) < 4.78 is 0. The molecule has 0 amide bonds. The van der Waals surface area contributed by atoms with Gasteiger partial charge in [-0.25, -0.2) is 15.0 Å². The summed E-state index contributed by atoms with van der Waals surface area (Å²) in [6.07, 6.45) is 3.89. The van der Waals surface area contributed by atoms with Crippen LogP contribution in [-0.4, -0.2) is 21.5 Å². The lowest BCUT2D eigenvalue weighted by Crippen LogP contribution is -2.08. The minimum Gasteiger partial charge on any atom is -0.370 e. The summed E-state index contributed by atoms with van der Waals surface area (Å²) in [4.78, 5) is 13.7. The van der Waals surface area contributed by atoms with E-state index in [0.29, 0.717) is 6.42 Å². The molecule has 0 radical (unpaired) electrons. The molecule has 0 unspecified atom stereocenters. The normalized spacial score (nSPS) is 10.8. The van der Waals surface area contributed by atoms with Crippen molar-refractivity contribution < 1.29 is 0 Å². The molecular formula is C15H22N4S. The van der Waals surface area contributed by atoms with Gasteiger partial charge in [0.25, 0.3) is 0 Å². The Labute approximate surface area is 124 Å². The van der Waals surface area contributed by atoms with Crippen LogP contribution in [0.4, 0.5) is 5.82 Å². The van der Waals surface area contributed by atoms with Gasteiger partial charge in [-0.2, -0.15) is 0 Å². The number of nitrogens with zero attached hydrogens (tertiary/aromatic N) is 3. The highest BCUT2D eigenvalue weighted by atomic mass is 32.1. The van der Waals surface area contributed by atoms with Crippen molar-refractivity contribution >= 4 is 17.2 Å². The number of hydrogen-bond donors (Lipinski definition) is 1. The molecule has 4 nitrogen and oxygen atoms in total. The lowest BCUT2D eigenvalue weighted by atomic mass is 10.2. The largest absolute Gasteiger partial charge is 0.370 e. The van der Waals surface area contributed by atoms with Gasteiger partial charge in [0.1, 0.15) is 11.6 Å². The van der Waals surface area contributed by atoms with E-state index in [9.17, 15) is 0 Å². The maximum absolute atomic E-state index is 4.65. The smallest absolute Gasteiger partial charge is 0.136 e. The van der Waals surface area contributed by atoms with Crippen molar-refractivity contribution in [2.24, 2.45) is 0 Å². The molecule has 0 aliphatic heterocycles. The SMILES string of the molecule is CCCNc1cc(CCC)nc(Cc2csc(C)n2)n1. The molecule has 0 saturated carbocycles. The predicted octanol–water partition coefficient (Wildman–Crippen LogP) is 3.61. The number of nitrogens with one attached hydrogen (secondary N) is 1.